The van der Waals surface area contributed by atoms with Gasteiger partial charge in [0.2, 0.25) is 0 Å². The molecule has 15 heteroatoms. The van der Waals surface area contributed by atoms with Gasteiger partial charge in [0, 0.05) is 69.2 Å². The van der Waals surface area contributed by atoms with E-state index in [9.17, 15) is 23.5 Å². The molecule has 2 saturated carbocycles. The van der Waals surface area contributed by atoms with Gasteiger partial charge >= 0.3 is 0 Å². The molecule has 3 atom stereocenters. The Labute approximate surface area is 406 Å². The van der Waals surface area contributed by atoms with E-state index < -0.39 is 21.5 Å². The van der Waals surface area contributed by atoms with Gasteiger partial charge in [-0.1, -0.05) is 63.3 Å². The minimum absolute atomic E-state index is 0.0184. The molecule has 364 valence electrons. The molecule has 0 radical (unpaired) electrons. The molecule has 5 aliphatic rings. The second kappa shape index (κ2) is 18.3. The molecule has 14 nitrogen and oxygen atoms in total. The van der Waals surface area contributed by atoms with Crippen molar-refractivity contribution in [1.82, 2.24) is 24.2 Å². The number of hydrogen-bond acceptors (Lipinski definition) is 11. The molecular weight excluding hydrogens is 889 g/mol. The van der Waals surface area contributed by atoms with Crippen molar-refractivity contribution in [2.45, 2.75) is 107 Å². The number of aliphatic hydroxyl groups is 1. The summed E-state index contributed by atoms with van der Waals surface area (Å²) in [5, 5.41) is 26.9. The standard InChI is InChI=1S/C54H66N8O6S/c1-34(2)40-10-7-8-11-41(40)42-12-9-13-44(42)62-31-54(32-62)22-24-61(25-23-54)38-16-17-43(46(27-38)68-39-26-37-15-14-35(3)48(37)56-30-39)52(63)58-69(66,67)47-28-45(60(6)65)49(51-50(47)57-33-59(51)5)55-29-36-18-20-53(4,64)21-19-36/h7-8,10-11,14-17,26-28,30,33-34,36,42,44,55,60,64H,3,9,12-13,18-25,29,31-32H2,1-2,4-6H3,(H,58,63)/t36-,42-,44?,53-/m0/s1. The number of carbonyl (C=O) groups is 1. The summed E-state index contributed by atoms with van der Waals surface area (Å²) in [5.74, 6) is 1.02. The van der Waals surface area contributed by atoms with E-state index in [1.54, 1.807) is 23.9 Å². The van der Waals surface area contributed by atoms with Crippen LogP contribution in [0.1, 0.15) is 123 Å². The number of amides is 1. The third-order valence-corrected chi connectivity index (χ3v) is 17.3. The molecule has 2 aliphatic heterocycles. The summed E-state index contributed by atoms with van der Waals surface area (Å²) in [4.78, 5) is 28.3. The third kappa shape index (κ3) is 9.20. The predicted molar refractivity (Wildman–Crippen MR) is 272 cm³/mol. The summed E-state index contributed by atoms with van der Waals surface area (Å²) in [6.45, 7) is 15.0. The SMILES string of the molecule is C=C1C=Cc2cc(Oc3cc(N4CCC5(CC4)CN(C4CCC[C@H]4c4ccccc4C(C)C)C5)ccc3C(=O)NS(=O)(=O)c3cc([NH+](C)[O-])c(NC[C@H]4CC[C@](C)(O)CC4)c4c3ncn4C)cnc21. The quantitative estimate of drug-likeness (QED) is 0.0839. The van der Waals surface area contributed by atoms with Gasteiger partial charge in [0.1, 0.15) is 27.6 Å². The first-order valence-corrected chi connectivity index (χ1v) is 26.3. The van der Waals surface area contributed by atoms with Gasteiger partial charge in [-0.25, -0.2) is 18.1 Å². The molecule has 4 heterocycles. The fraction of sp³-hybridized carbons (Fsp3) is 0.463. The van der Waals surface area contributed by atoms with E-state index in [0.717, 1.165) is 74.4 Å². The zero-order valence-corrected chi connectivity index (χ0v) is 41.4. The van der Waals surface area contributed by atoms with Gasteiger partial charge in [-0.05, 0) is 116 Å². The minimum Gasteiger partial charge on any atom is -0.629 e. The monoisotopic (exact) mass is 954 g/mol. The average Bonchev–Trinajstić information content (AvgIpc) is 4.06. The number of carbonyl (C=O) groups excluding carboxylic acids is 1. The third-order valence-electron chi connectivity index (χ3n) is 15.9. The summed E-state index contributed by atoms with van der Waals surface area (Å²) in [5.41, 5.74) is 7.08. The predicted octanol–water partition coefficient (Wildman–Crippen LogP) is 8.28. The topological polar surface area (TPSA) is 169 Å². The molecule has 2 saturated heterocycles. The minimum atomic E-state index is -4.61. The lowest BCUT2D eigenvalue weighted by atomic mass is 9.70. The number of pyridine rings is 1. The van der Waals surface area contributed by atoms with E-state index in [4.69, 9.17) is 4.74 Å². The fourth-order valence-electron chi connectivity index (χ4n) is 12.0. The Hall–Kier alpha value is -5.58. The number of piperidine rings is 1. The van der Waals surface area contributed by atoms with Crippen molar-refractivity contribution in [2.75, 3.05) is 50.0 Å². The Morgan fingerprint density at radius 3 is 2.51 bits per heavy atom. The number of rotatable bonds is 13. The van der Waals surface area contributed by atoms with Crippen LogP contribution in [0.25, 0.3) is 22.7 Å². The van der Waals surface area contributed by atoms with Crippen LogP contribution in [0.5, 0.6) is 11.5 Å². The van der Waals surface area contributed by atoms with E-state index in [0.29, 0.717) is 54.2 Å². The molecule has 0 bridgehead atoms. The largest absolute Gasteiger partial charge is 0.629 e. The Kier molecular flexibility index (Phi) is 12.5. The Balaban J connectivity index is 0.884. The van der Waals surface area contributed by atoms with Crippen molar-refractivity contribution in [3.8, 4) is 11.5 Å². The number of aromatic nitrogens is 3. The van der Waals surface area contributed by atoms with Crippen LogP contribution in [0, 0.1) is 16.5 Å². The molecule has 69 heavy (non-hydrogen) atoms. The number of anilines is 2. The molecule has 10 rings (SSSR count). The number of sulfonamides is 1. The van der Waals surface area contributed by atoms with Crippen molar-refractivity contribution in [2.24, 2.45) is 18.4 Å². The van der Waals surface area contributed by atoms with Crippen LogP contribution >= 0.6 is 0 Å². The lowest BCUT2D eigenvalue weighted by Crippen LogP contribution is -2.98. The van der Waals surface area contributed by atoms with Crippen LogP contribution < -0.4 is 24.7 Å². The van der Waals surface area contributed by atoms with Crippen molar-refractivity contribution < 1.29 is 28.1 Å². The Bertz CT molecular complexity index is 2940. The van der Waals surface area contributed by atoms with Crippen LogP contribution in [0.3, 0.4) is 0 Å². The zero-order valence-electron chi connectivity index (χ0n) is 40.6. The molecule has 3 aromatic carbocycles. The molecule has 2 unspecified atom stereocenters. The maximum absolute atomic E-state index is 14.5. The van der Waals surface area contributed by atoms with Crippen molar-refractivity contribution in [3.05, 3.63) is 113 Å². The van der Waals surface area contributed by atoms with E-state index in [1.807, 2.05) is 37.3 Å². The summed E-state index contributed by atoms with van der Waals surface area (Å²) in [6.07, 6.45) is 15.7. The number of imidazole rings is 1. The van der Waals surface area contributed by atoms with Crippen LogP contribution in [0.2, 0.25) is 0 Å². The molecule has 4 fully saturated rings. The van der Waals surface area contributed by atoms with Gasteiger partial charge in [0.25, 0.3) is 15.9 Å². The second-order valence-corrected chi connectivity index (χ2v) is 22.8. The van der Waals surface area contributed by atoms with Gasteiger partial charge < -0.3 is 34.9 Å². The first kappa shape index (κ1) is 47.1. The molecule has 3 aliphatic carbocycles. The molecule has 2 aromatic heterocycles. The first-order valence-electron chi connectivity index (χ1n) is 24.8. The van der Waals surface area contributed by atoms with E-state index in [1.165, 1.54) is 49.8 Å². The highest BCUT2D eigenvalue weighted by Crippen LogP contribution is 2.49. The number of hydrogen-bond donors (Lipinski definition) is 4. The van der Waals surface area contributed by atoms with Crippen LogP contribution in [-0.4, -0.2) is 90.3 Å². The number of quaternary nitrogens is 1. The molecule has 1 amide bonds. The number of nitrogens with one attached hydrogen (secondary N) is 3. The van der Waals surface area contributed by atoms with Crippen LogP contribution in [0.4, 0.5) is 17.1 Å². The van der Waals surface area contributed by atoms with Crippen molar-refractivity contribution in [1.29, 1.82) is 0 Å². The lowest BCUT2D eigenvalue weighted by Gasteiger charge is -2.57. The smallest absolute Gasteiger partial charge is 0.268 e. The Morgan fingerprint density at radius 2 is 1.77 bits per heavy atom. The number of aryl methyl sites for hydroxylation is 1. The fourth-order valence-corrected chi connectivity index (χ4v) is 13.1. The summed E-state index contributed by atoms with van der Waals surface area (Å²) < 4.78 is 39.4. The van der Waals surface area contributed by atoms with Crippen molar-refractivity contribution in [3.63, 3.8) is 0 Å². The zero-order chi connectivity index (χ0) is 48.4. The van der Waals surface area contributed by atoms with Gasteiger partial charge in [-0.15, -0.1) is 0 Å². The van der Waals surface area contributed by atoms with E-state index in [2.05, 4.69) is 74.5 Å². The van der Waals surface area contributed by atoms with Gasteiger partial charge in [0.05, 0.1) is 41.9 Å². The van der Waals surface area contributed by atoms with E-state index in [-0.39, 0.29) is 43.8 Å². The summed E-state index contributed by atoms with van der Waals surface area (Å²) >= 11 is 0. The highest BCUT2D eigenvalue weighted by atomic mass is 32.2. The van der Waals surface area contributed by atoms with Crippen molar-refractivity contribution >= 4 is 55.7 Å². The molecular formula is C54H66N8O6S. The number of ether oxygens (including phenoxy) is 1. The number of allylic oxidation sites excluding steroid dienone is 2. The van der Waals surface area contributed by atoms with Gasteiger partial charge in [-0.2, -0.15) is 0 Å². The molecule has 1 spiro atoms. The number of nitrogens with zero attached hydrogens (tertiary/aromatic N) is 5. The van der Waals surface area contributed by atoms with Gasteiger partial charge in [0.15, 0.2) is 5.69 Å². The molecule has 4 N–H and O–H groups in total. The van der Waals surface area contributed by atoms with E-state index >= 15 is 0 Å². The summed E-state index contributed by atoms with van der Waals surface area (Å²) in [6, 6.07) is 18.1. The average molecular weight is 955 g/mol. The Morgan fingerprint density at radius 1 is 1.01 bits per heavy atom. The number of hydroxylamine groups is 1. The normalized spacial score (nSPS) is 23.9. The first-order chi connectivity index (χ1) is 33.0. The highest BCUT2D eigenvalue weighted by Gasteiger charge is 2.49. The number of likely N-dealkylation sites (tertiary alicyclic amines) is 1. The van der Waals surface area contributed by atoms with Crippen LogP contribution in [-0.2, 0) is 17.1 Å². The second-order valence-electron chi connectivity index (χ2n) is 21.2. The maximum atomic E-state index is 14.5. The van der Waals surface area contributed by atoms with Crippen LogP contribution in [0.15, 0.2) is 84.7 Å². The number of benzene rings is 3. The molecule has 5 aromatic rings. The van der Waals surface area contributed by atoms with Gasteiger partial charge in [-0.3, -0.25) is 14.7 Å². The lowest BCUT2D eigenvalue weighted by molar-refractivity contribution is -0.750. The maximum Gasteiger partial charge on any atom is 0.268 e. The summed E-state index contributed by atoms with van der Waals surface area (Å²) in [7, 11) is -1.47. The number of fused-ring (bicyclic) bond motifs is 2. The highest BCUT2D eigenvalue weighted by molar-refractivity contribution is 7.90.